The molecule has 1 fully saturated rings. The zero-order valence-electron chi connectivity index (χ0n) is 29.0. The second-order valence-electron chi connectivity index (χ2n) is 13.3. The van der Waals surface area contributed by atoms with Crippen LogP contribution in [0, 0.1) is 6.92 Å². The third kappa shape index (κ3) is 8.13. The van der Waals surface area contributed by atoms with Crippen LogP contribution in [0.4, 0.5) is 4.79 Å². The van der Waals surface area contributed by atoms with Crippen LogP contribution < -0.4 is 9.46 Å². The van der Waals surface area contributed by atoms with Gasteiger partial charge in [0, 0.05) is 41.8 Å². The summed E-state index contributed by atoms with van der Waals surface area (Å²) in [7, 11) is -7.46. The van der Waals surface area contributed by atoms with Crippen molar-refractivity contribution in [1.29, 1.82) is 0 Å². The second kappa shape index (κ2) is 14.8. The lowest BCUT2D eigenvalue weighted by Crippen LogP contribution is -2.55. The summed E-state index contributed by atoms with van der Waals surface area (Å²) in [5.41, 5.74) is 1.53. The monoisotopic (exact) mass is 763 g/mol. The molecule has 0 unspecified atom stereocenters. The summed E-state index contributed by atoms with van der Waals surface area (Å²) in [4.78, 5) is 23.3. The standard InChI is InChI=1S/C35H43Cl2N5O6S2/c1-7-48-29-21-23(3)30(50(46,47)39-35(4,5)6)22-28(29)33-38-31(24-9-13-26(36)14-10-24)32(25-11-15-27(37)16-12-25)42(33)34(43)40-17-19-41(20-18-40)49(44,45)8-2/h9-16,21-22,31-32,39H,7-8,17-20H2,1-6H3/t31-,32+/m0/s1. The number of benzene rings is 3. The fourth-order valence-corrected chi connectivity index (χ4v) is 9.21. The Labute approximate surface area is 305 Å². The molecule has 270 valence electrons. The summed E-state index contributed by atoms with van der Waals surface area (Å²) in [6, 6.07) is 15.8. The second-order valence-corrected chi connectivity index (χ2v) is 18.1. The van der Waals surface area contributed by atoms with E-state index in [4.69, 9.17) is 32.9 Å². The number of ether oxygens (including phenoxy) is 1. The van der Waals surface area contributed by atoms with E-state index in [0.29, 0.717) is 26.9 Å². The van der Waals surface area contributed by atoms with Crippen molar-refractivity contribution >= 4 is 55.1 Å². The van der Waals surface area contributed by atoms with Crippen molar-refractivity contribution in [3.63, 3.8) is 0 Å². The van der Waals surface area contributed by atoms with Gasteiger partial charge in [0.1, 0.15) is 17.6 Å². The Morgan fingerprint density at radius 2 is 1.46 bits per heavy atom. The molecule has 15 heteroatoms. The Morgan fingerprint density at radius 1 is 0.900 bits per heavy atom. The Bertz CT molecular complexity index is 1970. The van der Waals surface area contributed by atoms with Crippen LogP contribution in [0.2, 0.25) is 10.0 Å². The molecule has 2 heterocycles. The SMILES string of the molecule is CCOc1cc(C)c(S(=O)(=O)NC(C)(C)C)cc1C1=N[C@@H](c2ccc(Cl)cc2)[C@@H](c2ccc(Cl)cc2)N1C(=O)N1CCN(S(=O)(=O)CC)CC1. The lowest BCUT2D eigenvalue weighted by atomic mass is 9.93. The number of hydrogen-bond acceptors (Lipinski definition) is 7. The fourth-order valence-electron chi connectivity index (χ4n) is 6.21. The van der Waals surface area contributed by atoms with E-state index in [1.54, 1.807) is 74.8 Å². The number of sulfonamides is 2. The van der Waals surface area contributed by atoms with Crippen LogP contribution >= 0.6 is 23.2 Å². The van der Waals surface area contributed by atoms with Gasteiger partial charge >= 0.3 is 6.03 Å². The molecule has 2 atom stereocenters. The summed E-state index contributed by atoms with van der Waals surface area (Å²) < 4.78 is 63.1. The number of rotatable bonds is 9. The number of piperazine rings is 1. The van der Waals surface area contributed by atoms with Crippen molar-refractivity contribution in [3.8, 4) is 5.75 Å². The molecule has 50 heavy (non-hydrogen) atoms. The van der Waals surface area contributed by atoms with Gasteiger partial charge in [-0.15, -0.1) is 0 Å². The summed E-state index contributed by atoms with van der Waals surface area (Å²) in [5, 5.41) is 1.05. The van der Waals surface area contributed by atoms with Crippen molar-refractivity contribution in [2.75, 3.05) is 38.5 Å². The molecule has 1 N–H and O–H groups in total. The molecule has 1 saturated heterocycles. The molecule has 2 amide bonds. The van der Waals surface area contributed by atoms with Crippen LogP contribution in [0.3, 0.4) is 0 Å². The molecule has 0 saturated carbocycles. The number of aryl methyl sites for hydroxylation is 1. The maximum absolute atomic E-state index is 14.9. The number of halogens is 2. The third-order valence-electron chi connectivity index (χ3n) is 8.51. The number of hydrogen-bond donors (Lipinski definition) is 1. The smallest absolute Gasteiger partial charge is 0.326 e. The van der Waals surface area contributed by atoms with Crippen LogP contribution in [0.25, 0.3) is 0 Å². The van der Waals surface area contributed by atoms with Gasteiger partial charge in [-0.25, -0.2) is 26.4 Å². The number of amidine groups is 1. The predicted octanol–water partition coefficient (Wildman–Crippen LogP) is 6.41. The van der Waals surface area contributed by atoms with E-state index < -0.39 is 43.7 Å². The average molecular weight is 765 g/mol. The van der Waals surface area contributed by atoms with E-state index in [9.17, 15) is 21.6 Å². The Kier molecular flexibility index (Phi) is 11.3. The number of urea groups is 1. The molecule has 0 aliphatic carbocycles. The number of amides is 2. The fraction of sp³-hybridized carbons (Fsp3) is 0.429. The van der Waals surface area contributed by atoms with Gasteiger partial charge in [-0.1, -0.05) is 47.5 Å². The van der Waals surface area contributed by atoms with Gasteiger partial charge in [-0.3, -0.25) is 9.89 Å². The first kappa shape index (κ1) is 38.0. The van der Waals surface area contributed by atoms with Gasteiger partial charge in [0.15, 0.2) is 0 Å². The predicted molar refractivity (Wildman–Crippen MR) is 197 cm³/mol. The Balaban J connectivity index is 1.72. The minimum absolute atomic E-state index is 0.0253. The van der Waals surface area contributed by atoms with Crippen LogP contribution in [0.15, 0.2) is 70.6 Å². The highest BCUT2D eigenvalue weighted by Crippen LogP contribution is 2.46. The first-order valence-electron chi connectivity index (χ1n) is 16.4. The van der Waals surface area contributed by atoms with E-state index in [-0.39, 0.29) is 49.3 Å². The number of nitrogens with zero attached hydrogens (tertiary/aromatic N) is 4. The van der Waals surface area contributed by atoms with Gasteiger partial charge in [0.25, 0.3) is 0 Å². The number of carbonyl (C=O) groups is 1. The van der Waals surface area contributed by atoms with Crippen molar-refractivity contribution in [3.05, 3.63) is 93.0 Å². The van der Waals surface area contributed by atoms with Gasteiger partial charge < -0.3 is 9.64 Å². The van der Waals surface area contributed by atoms with Gasteiger partial charge in [0.2, 0.25) is 20.0 Å². The molecule has 5 rings (SSSR count). The average Bonchev–Trinajstić information content (AvgIpc) is 3.44. The van der Waals surface area contributed by atoms with E-state index in [2.05, 4.69) is 4.72 Å². The maximum Gasteiger partial charge on any atom is 0.326 e. The van der Waals surface area contributed by atoms with Crippen LogP contribution in [0.1, 0.15) is 69.0 Å². The quantitative estimate of drug-likeness (QED) is 0.268. The molecule has 2 aliphatic heterocycles. The van der Waals surface area contributed by atoms with E-state index in [1.165, 1.54) is 10.4 Å². The Hall–Kier alpha value is -3.20. The minimum Gasteiger partial charge on any atom is -0.493 e. The van der Waals surface area contributed by atoms with Crippen LogP contribution in [0.5, 0.6) is 5.75 Å². The molecular weight excluding hydrogens is 721 g/mol. The third-order valence-corrected chi connectivity index (χ3v) is 12.8. The summed E-state index contributed by atoms with van der Waals surface area (Å²) >= 11 is 12.6. The topological polar surface area (TPSA) is 129 Å². The number of nitrogens with one attached hydrogen (secondary N) is 1. The van der Waals surface area contributed by atoms with Crippen LogP contribution in [-0.2, 0) is 20.0 Å². The molecule has 2 aliphatic rings. The number of aliphatic imine (C=N–C) groups is 1. The lowest BCUT2D eigenvalue weighted by molar-refractivity contribution is 0.143. The first-order chi connectivity index (χ1) is 23.5. The van der Waals surface area contributed by atoms with E-state index >= 15 is 0 Å². The lowest BCUT2D eigenvalue weighted by Gasteiger charge is -2.38. The summed E-state index contributed by atoms with van der Waals surface area (Å²) in [6.07, 6.45) is 0. The van der Waals surface area contributed by atoms with E-state index in [1.807, 2.05) is 31.2 Å². The van der Waals surface area contributed by atoms with Gasteiger partial charge in [-0.2, -0.15) is 4.31 Å². The van der Waals surface area contributed by atoms with Gasteiger partial charge in [-0.05, 0) is 94.6 Å². The maximum atomic E-state index is 14.9. The highest BCUT2D eigenvalue weighted by molar-refractivity contribution is 7.89. The van der Waals surface area contributed by atoms with Crippen molar-refractivity contribution in [2.24, 2.45) is 4.99 Å². The zero-order valence-corrected chi connectivity index (χ0v) is 32.1. The molecular formula is C35H43Cl2N5O6S2. The molecule has 11 nitrogen and oxygen atoms in total. The van der Waals surface area contributed by atoms with Crippen molar-refractivity contribution < 1.29 is 26.4 Å². The van der Waals surface area contributed by atoms with Crippen LogP contribution in [-0.4, -0.2) is 86.9 Å². The largest absolute Gasteiger partial charge is 0.493 e. The molecule has 0 radical (unpaired) electrons. The van der Waals surface area contributed by atoms with Crippen molar-refractivity contribution in [1.82, 2.24) is 18.8 Å². The van der Waals surface area contributed by atoms with E-state index in [0.717, 1.165) is 11.1 Å². The highest BCUT2D eigenvalue weighted by atomic mass is 35.5. The number of carbonyl (C=O) groups excluding carboxylic acids is 1. The highest BCUT2D eigenvalue weighted by Gasteiger charge is 2.45. The minimum atomic E-state index is -4.02. The molecule has 3 aromatic rings. The molecule has 3 aromatic carbocycles. The Morgan fingerprint density at radius 3 is 1.98 bits per heavy atom. The summed E-state index contributed by atoms with van der Waals surface area (Å²) in [5.74, 6) is 0.546. The molecule has 0 bridgehead atoms. The normalized spacial score (nSPS) is 19.1. The van der Waals surface area contributed by atoms with Crippen molar-refractivity contribution in [2.45, 2.75) is 64.1 Å². The van der Waals surface area contributed by atoms with Gasteiger partial charge in [0.05, 0.1) is 28.9 Å². The first-order valence-corrected chi connectivity index (χ1v) is 20.3. The molecule has 0 spiro atoms. The molecule has 0 aromatic heterocycles. The summed E-state index contributed by atoms with van der Waals surface area (Å²) in [6.45, 7) is 11.3. The zero-order chi connectivity index (χ0) is 36.6.